The summed E-state index contributed by atoms with van der Waals surface area (Å²) in [4.78, 5) is 16.1. The number of anilines is 1. The average Bonchev–Trinajstić information content (AvgIpc) is 2.68. The fraction of sp³-hybridized carbons (Fsp3) is 0.294. The summed E-state index contributed by atoms with van der Waals surface area (Å²) in [6.07, 6.45) is 1.30. The molecule has 11 heteroatoms. The number of rotatable bonds is 5. The maximum absolute atomic E-state index is 13.8. The fourth-order valence-electron chi connectivity index (χ4n) is 2.77. The van der Waals surface area contributed by atoms with Crippen LogP contribution < -0.4 is 11.1 Å². The summed E-state index contributed by atoms with van der Waals surface area (Å²) < 4.78 is 46.0. The van der Waals surface area contributed by atoms with E-state index < -0.39 is 21.7 Å². The highest BCUT2D eigenvalue weighted by atomic mass is 35.5. The van der Waals surface area contributed by atoms with Gasteiger partial charge in [0.15, 0.2) is 0 Å². The van der Waals surface area contributed by atoms with Crippen molar-refractivity contribution in [2.24, 2.45) is 0 Å². The van der Waals surface area contributed by atoms with E-state index in [1.165, 1.54) is 22.6 Å². The van der Waals surface area contributed by atoms with E-state index in [0.29, 0.717) is 0 Å². The van der Waals surface area contributed by atoms with Gasteiger partial charge in [-0.15, -0.1) is 0 Å². The zero-order chi connectivity index (χ0) is 20.3. The standard InChI is InChI=1S/C17H18ClFN4O4S/c18-12-8-14(16(20)21-10-12)17(24)22-9-11-7-13(19)1-2-15(11)28(25,26)23-3-5-27-6-4-23/h1-2,7-8,10H,3-6,9H2,(H2,20,21)(H,22,24). The molecule has 150 valence electrons. The SMILES string of the molecule is Nc1ncc(Cl)cc1C(=O)NCc1cc(F)ccc1S(=O)(=O)N1CCOCC1. The molecule has 0 atom stereocenters. The van der Waals surface area contributed by atoms with E-state index in [9.17, 15) is 17.6 Å². The summed E-state index contributed by atoms with van der Waals surface area (Å²) in [6, 6.07) is 4.68. The molecule has 1 fully saturated rings. The van der Waals surface area contributed by atoms with E-state index in [1.807, 2.05) is 0 Å². The molecular weight excluding hydrogens is 411 g/mol. The number of nitrogen functional groups attached to an aromatic ring is 1. The third-order valence-electron chi connectivity index (χ3n) is 4.18. The molecule has 0 aliphatic carbocycles. The monoisotopic (exact) mass is 428 g/mol. The van der Waals surface area contributed by atoms with Crippen LogP contribution in [0.15, 0.2) is 35.4 Å². The van der Waals surface area contributed by atoms with Crippen LogP contribution in [-0.2, 0) is 21.3 Å². The van der Waals surface area contributed by atoms with Crippen molar-refractivity contribution < 1.29 is 22.3 Å². The molecule has 2 aromatic rings. The number of hydrogen-bond acceptors (Lipinski definition) is 6. The number of nitrogens with one attached hydrogen (secondary N) is 1. The molecule has 0 saturated carbocycles. The molecule has 3 rings (SSSR count). The van der Waals surface area contributed by atoms with Crippen molar-refractivity contribution in [2.45, 2.75) is 11.4 Å². The van der Waals surface area contributed by atoms with Crippen LogP contribution in [0.1, 0.15) is 15.9 Å². The van der Waals surface area contributed by atoms with Gasteiger partial charge in [-0.25, -0.2) is 17.8 Å². The first-order valence-electron chi connectivity index (χ1n) is 8.34. The van der Waals surface area contributed by atoms with E-state index in [4.69, 9.17) is 22.1 Å². The third-order valence-corrected chi connectivity index (χ3v) is 6.39. The highest BCUT2D eigenvalue weighted by molar-refractivity contribution is 7.89. The van der Waals surface area contributed by atoms with Gasteiger partial charge in [-0.3, -0.25) is 4.79 Å². The second kappa shape index (κ2) is 8.39. The maximum Gasteiger partial charge on any atom is 0.255 e. The second-order valence-corrected chi connectivity index (χ2v) is 8.38. The molecule has 8 nitrogen and oxygen atoms in total. The van der Waals surface area contributed by atoms with Crippen LogP contribution in [0.5, 0.6) is 0 Å². The van der Waals surface area contributed by atoms with Crippen LogP contribution in [0, 0.1) is 5.82 Å². The van der Waals surface area contributed by atoms with Gasteiger partial charge in [0.05, 0.1) is 28.7 Å². The number of pyridine rings is 1. The molecule has 0 bridgehead atoms. The number of nitrogens with zero attached hydrogens (tertiary/aromatic N) is 2. The third kappa shape index (κ3) is 4.41. The molecule has 3 N–H and O–H groups in total. The maximum atomic E-state index is 13.8. The molecule has 28 heavy (non-hydrogen) atoms. The number of ether oxygens (including phenoxy) is 1. The summed E-state index contributed by atoms with van der Waals surface area (Å²) in [6.45, 7) is 0.759. The minimum absolute atomic E-state index is 0.0256. The molecule has 2 heterocycles. The summed E-state index contributed by atoms with van der Waals surface area (Å²) in [5.74, 6) is -1.25. The fourth-order valence-corrected chi connectivity index (χ4v) is 4.53. The van der Waals surface area contributed by atoms with Gasteiger partial charge in [-0.05, 0) is 29.8 Å². The molecule has 1 aliphatic rings. The molecule has 1 aliphatic heterocycles. The lowest BCUT2D eigenvalue weighted by Crippen LogP contribution is -2.41. The van der Waals surface area contributed by atoms with Crippen molar-refractivity contribution in [3.05, 3.63) is 52.4 Å². The number of sulfonamides is 1. The topological polar surface area (TPSA) is 115 Å². The van der Waals surface area contributed by atoms with E-state index >= 15 is 0 Å². The zero-order valence-electron chi connectivity index (χ0n) is 14.7. The number of amides is 1. The molecule has 0 radical (unpaired) electrons. The molecular formula is C17H18ClFN4O4S. The first-order valence-corrected chi connectivity index (χ1v) is 10.2. The van der Waals surface area contributed by atoms with E-state index in [-0.39, 0.29) is 59.7 Å². The number of halogens is 2. The summed E-state index contributed by atoms with van der Waals surface area (Å²) in [7, 11) is -3.86. The zero-order valence-corrected chi connectivity index (χ0v) is 16.3. The van der Waals surface area contributed by atoms with Crippen molar-refractivity contribution >= 4 is 33.3 Å². The summed E-state index contributed by atoms with van der Waals surface area (Å²) in [5, 5.41) is 2.76. The number of hydrogen-bond donors (Lipinski definition) is 2. The normalized spacial score (nSPS) is 15.4. The predicted molar refractivity (Wildman–Crippen MR) is 101 cm³/mol. The van der Waals surface area contributed by atoms with Crippen LogP contribution in [0.25, 0.3) is 0 Å². The lowest BCUT2D eigenvalue weighted by Gasteiger charge is -2.27. The Hall–Kier alpha value is -2.27. The number of morpholine rings is 1. The van der Waals surface area contributed by atoms with Gasteiger partial charge in [-0.2, -0.15) is 4.31 Å². The molecule has 0 unspecified atom stereocenters. The minimum Gasteiger partial charge on any atom is -0.383 e. The quantitative estimate of drug-likeness (QED) is 0.744. The minimum atomic E-state index is -3.86. The Morgan fingerprint density at radius 1 is 1.32 bits per heavy atom. The Morgan fingerprint density at radius 3 is 2.75 bits per heavy atom. The second-order valence-electron chi connectivity index (χ2n) is 6.04. The van der Waals surface area contributed by atoms with E-state index in [0.717, 1.165) is 12.1 Å². The van der Waals surface area contributed by atoms with Crippen LogP contribution in [0.4, 0.5) is 10.2 Å². The van der Waals surface area contributed by atoms with Crippen LogP contribution in [0.2, 0.25) is 5.02 Å². The number of carbonyl (C=O) groups is 1. The first kappa shape index (κ1) is 20.5. The van der Waals surface area contributed by atoms with Crippen LogP contribution in [-0.4, -0.2) is 49.9 Å². The Morgan fingerprint density at radius 2 is 2.04 bits per heavy atom. The van der Waals surface area contributed by atoms with Crippen molar-refractivity contribution in [3.63, 3.8) is 0 Å². The molecule has 1 amide bonds. The van der Waals surface area contributed by atoms with Crippen molar-refractivity contribution in [2.75, 3.05) is 32.0 Å². The van der Waals surface area contributed by atoms with Gasteiger partial charge >= 0.3 is 0 Å². The largest absolute Gasteiger partial charge is 0.383 e. The average molecular weight is 429 g/mol. The lowest BCUT2D eigenvalue weighted by atomic mass is 10.2. The van der Waals surface area contributed by atoms with Crippen molar-refractivity contribution in [1.29, 1.82) is 0 Å². The number of benzene rings is 1. The van der Waals surface area contributed by atoms with Gasteiger partial charge in [-0.1, -0.05) is 11.6 Å². The number of nitrogens with two attached hydrogens (primary N) is 1. The number of aromatic nitrogens is 1. The van der Waals surface area contributed by atoms with Gasteiger partial charge in [0.25, 0.3) is 5.91 Å². The van der Waals surface area contributed by atoms with Crippen LogP contribution in [0.3, 0.4) is 0 Å². The highest BCUT2D eigenvalue weighted by Crippen LogP contribution is 2.23. The molecule has 1 saturated heterocycles. The van der Waals surface area contributed by atoms with Crippen molar-refractivity contribution in [3.8, 4) is 0 Å². The molecule has 0 spiro atoms. The lowest BCUT2D eigenvalue weighted by molar-refractivity contribution is 0.0730. The predicted octanol–water partition coefficient (Wildman–Crippen LogP) is 1.41. The number of carbonyl (C=O) groups excluding carboxylic acids is 1. The Bertz CT molecular complexity index is 997. The van der Waals surface area contributed by atoms with Gasteiger partial charge in [0, 0.05) is 25.8 Å². The first-order chi connectivity index (χ1) is 13.3. The Labute approximate surface area is 166 Å². The van der Waals surface area contributed by atoms with Crippen LogP contribution >= 0.6 is 11.6 Å². The van der Waals surface area contributed by atoms with E-state index in [1.54, 1.807) is 0 Å². The summed E-state index contributed by atoms with van der Waals surface area (Å²) >= 11 is 5.83. The van der Waals surface area contributed by atoms with Gasteiger partial charge in [0.1, 0.15) is 11.6 Å². The van der Waals surface area contributed by atoms with E-state index in [2.05, 4.69) is 10.3 Å². The Balaban J connectivity index is 1.85. The highest BCUT2D eigenvalue weighted by Gasteiger charge is 2.29. The molecule has 1 aromatic heterocycles. The van der Waals surface area contributed by atoms with Gasteiger partial charge in [0.2, 0.25) is 10.0 Å². The summed E-state index contributed by atoms with van der Waals surface area (Å²) in [5.41, 5.74) is 5.84. The molecule has 1 aromatic carbocycles. The van der Waals surface area contributed by atoms with Gasteiger partial charge < -0.3 is 15.8 Å². The Kier molecular flexibility index (Phi) is 6.14. The smallest absolute Gasteiger partial charge is 0.255 e. The van der Waals surface area contributed by atoms with Crippen molar-refractivity contribution in [1.82, 2.24) is 14.6 Å².